The molecule has 0 amide bonds. The van der Waals surface area contributed by atoms with Gasteiger partial charge in [-0.2, -0.15) is 0 Å². The van der Waals surface area contributed by atoms with Crippen molar-refractivity contribution < 1.29 is 9.47 Å². The van der Waals surface area contributed by atoms with Crippen LogP contribution in [-0.2, 0) is 9.47 Å². The molecule has 0 aromatic carbocycles. The SMILES string of the molecule is C1C[C@H]2O[C@@H]3CC[C@H]2O[C@H]13. The summed E-state index contributed by atoms with van der Waals surface area (Å²) in [5.74, 6) is 0. The maximum atomic E-state index is 5.76. The highest BCUT2D eigenvalue weighted by molar-refractivity contribution is 4.95. The van der Waals surface area contributed by atoms with E-state index in [4.69, 9.17) is 9.47 Å². The molecule has 0 spiro atoms. The molecule has 56 valence electrons. The predicted molar refractivity (Wildman–Crippen MR) is 35.8 cm³/mol. The Hall–Kier alpha value is -0.0800. The molecule has 0 N–H and O–H groups in total. The Morgan fingerprint density at radius 1 is 0.600 bits per heavy atom. The van der Waals surface area contributed by atoms with Gasteiger partial charge >= 0.3 is 0 Å². The van der Waals surface area contributed by atoms with Gasteiger partial charge in [-0.25, -0.2) is 0 Å². The standard InChI is InChI=1S/C8H12O2/c1-2-6-8-4-3-7(10-6)5(1)9-8/h5-8H,1-4H2/t5-,6-,7-,8-/m1/s1. The van der Waals surface area contributed by atoms with Crippen molar-refractivity contribution in [3.05, 3.63) is 0 Å². The van der Waals surface area contributed by atoms with E-state index in [1.165, 1.54) is 25.7 Å². The van der Waals surface area contributed by atoms with Crippen molar-refractivity contribution in [3.63, 3.8) is 0 Å². The summed E-state index contributed by atoms with van der Waals surface area (Å²) in [6, 6.07) is 0. The maximum Gasteiger partial charge on any atom is 0.0842 e. The number of ether oxygens (including phenoxy) is 2. The number of fused-ring (bicyclic) bond motifs is 2. The van der Waals surface area contributed by atoms with Crippen LogP contribution in [0.3, 0.4) is 0 Å². The van der Waals surface area contributed by atoms with Gasteiger partial charge < -0.3 is 9.47 Å². The van der Waals surface area contributed by atoms with Crippen LogP contribution in [0.2, 0.25) is 0 Å². The molecule has 5 heterocycles. The van der Waals surface area contributed by atoms with Gasteiger partial charge in [0.05, 0.1) is 24.4 Å². The van der Waals surface area contributed by atoms with Gasteiger partial charge in [0.25, 0.3) is 0 Å². The second-order valence-corrected chi connectivity index (χ2v) is 3.58. The van der Waals surface area contributed by atoms with E-state index in [-0.39, 0.29) is 0 Å². The molecule has 5 fully saturated rings. The molecular formula is C8H12O2. The van der Waals surface area contributed by atoms with E-state index in [2.05, 4.69) is 0 Å². The minimum absolute atomic E-state index is 0.462. The Balaban J connectivity index is 1.94. The topological polar surface area (TPSA) is 18.5 Å². The van der Waals surface area contributed by atoms with Gasteiger partial charge in [-0.05, 0) is 25.7 Å². The van der Waals surface area contributed by atoms with E-state index in [1.807, 2.05) is 0 Å². The smallest absolute Gasteiger partial charge is 0.0842 e. The number of hydrogen-bond acceptors (Lipinski definition) is 2. The molecule has 0 aromatic rings. The fraction of sp³-hybridized carbons (Fsp3) is 1.00. The minimum Gasteiger partial charge on any atom is -0.370 e. The van der Waals surface area contributed by atoms with Crippen molar-refractivity contribution in [2.24, 2.45) is 0 Å². The average molecular weight is 140 g/mol. The van der Waals surface area contributed by atoms with Crippen molar-refractivity contribution in [2.75, 3.05) is 0 Å². The fourth-order valence-electron chi connectivity index (χ4n) is 2.47. The maximum absolute atomic E-state index is 5.76. The first-order valence-corrected chi connectivity index (χ1v) is 4.24. The molecule has 0 radical (unpaired) electrons. The van der Waals surface area contributed by atoms with Crippen molar-refractivity contribution >= 4 is 0 Å². The Morgan fingerprint density at radius 2 is 0.900 bits per heavy atom. The van der Waals surface area contributed by atoms with Crippen LogP contribution in [0.25, 0.3) is 0 Å². The quantitative estimate of drug-likeness (QED) is 0.501. The molecule has 2 heteroatoms. The van der Waals surface area contributed by atoms with E-state index in [1.54, 1.807) is 0 Å². The summed E-state index contributed by atoms with van der Waals surface area (Å²) in [5, 5.41) is 0. The first-order valence-electron chi connectivity index (χ1n) is 4.24. The Bertz CT molecular complexity index is 123. The summed E-state index contributed by atoms with van der Waals surface area (Å²) < 4.78 is 11.5. The molecule has 0 aliphatic carbocycles. The molecule has 4 atom stereocenters. The largest absolute Gasteiger partial charge is 0.370 e. The molecule has 0 aromatic heterocycles. The van der Waals surface area contributed by atoms with E-state index >= 15 is 0 Å². The lowest BCUT2D eigenvalue weighted by molar-refractivity contribution is -0.285. The average Bonchev–Trinajstić information content (AvgIpc) is 2.05. The second kappa shape index (κ2) is 1.74. The summed E-state index contributed by atoms with van der Waals surface area (Å²) in [6.45, 7) is 0. The van der Waals surface area contributed by atoms with Crippen LogP contribution in [0.5, 0.6) is 0 Å². The van der Waals surface area contributed by atoms with Crippen LogP contribution in [0.1, 0.15) is 25.7 Å². The number of rotatable bonds is 0. The molecule has 5 saturated heterocycles. The Labute approximate surface area is 60.5 Å². The molecule has 5 rings (SSSR count). The van der Waals surface area contributed by atoms with Gasteiger partial charge in [0.1, 0.15) is 0 Å². The van der Waals surface area contributed by atoms with Crippen LogP contribution < -0.4 is 0 Å². The van der Waals surface area contributed by atoms with Crippen LogP contribution in [-0.4, -0.2) is 24.4 Å². The van der Waals surface area contributed by atoms with Crippen molar-refractivity contribution in [1.29, 1.82) is 0 Å². The van der Waals surface area contributed by atoms with E-state index in [0.717, 1.165) is 0 Å². The second-order valence-electron chi connectivity index (χ2n) is 3.58. The lowest BCUT2D eigenvalue weighted by atomic mass is 9.84. The normalized spacial score (nSPS) is 57.6. The van der Waals surface area contributed by atoms with E-state index < -0.39 is 0 Å². The Morgan fingerprint density at radius 3 is 1.10 bits per heavy atom. The fourth-order valence-corrected chi connectivity index (χ4v) is 2.47. The van der Waals surface area contributed by atoms with Gasteiger partial charge in [-0.1, -0.05) is 0 Å². The summed E-state index contributed by atoms with van der Waals surface area (Å²) in [7, 11) is 0. The summed E-state index contributed by atoms with van der Waals surface area (Å²) in [6.07, 6.45) is 6.81. The van der Waals surface area contributed by atoms with E-state index in [9.17, 15) is 0 Å². The minimum atomic E-state index is 0.462. The predicted octanol–water partition coefficient (Wildman–Crippen LogP) is 1.10. The lowest BCUT2D eigenvalue weighted by Gasteiger charge is -2.51. The lowest BCUT2D eigenvalue weighted by Crippen LogP contribution is -2.58. The van der Waals surface area contributed by atoms with E-state index in [0.29, 0.717) is 24.4 Å². The zero-order valence-corrected chi connectivity index (χ0v) is 5.95. The molecule has 5 aliphatic rings. The van der Waals surface area contributed by atoms with Crippen LogP contribution in [0, 0.1) is 0 Å². The Kier molecular flexibility index (Phi) is 0.968. The van der Waals surface area contributed by atoms with Crippen LogP contribution in [0.4, 0.5) is 0 Å². The molecule has 10 heavy (non-hydrogen) atoms. The van der Waals surface area contributed by atoms with Crippen molar-refractivity contribution in [3.8, 4) is 0 Å². The summed E-state index contributed by atoms with van der Waals surface area (Å²) in [4.78, 5) is 0. The molecule has 5 aliphatic heterocycles. The molecule has 0 saturated carbocycles. The monoisotopic (exact) mass is 140 g/mol. The third-order valence-corrected chi connectivity index (χ3v) is 3.00. The van der Waals surface area contributed by atoms with Gasteiger partial charge in [0.2, 0.25) is 0 Å². The van der Waals surface area contributed by atoms with Crippen LogP contribution >= 0.6 is 0 Å². The third kappa shape index (κ3) is 0.565. The molecular weight excluding hydrogens is 128 g/mol. The third-order valence-electron chi connectivity index (χ3n) is 3.00. The number of hydrogen-bond donors (Lipinski definition) is 0. The van der Waals surface area contributed by atoms with Gasteiger partial charge in [0.15, 0.2) is 0 Å². The van der Waals surface area contributed by atoms with Crippen LogP contribution in [0.15, 0.2) is 0 Å². The molecule has 4 bridgehead atoms. The zero-order valence-electron chi connectivity index (χ0n) is 5.95. The van der Waals surface area contributed by atoms with Gasteiger partial charge in [-0.15, -0.1) is 0 Å². The highest BCUT2D eigenvalue weighted by atomic mass is 16.6. The first-order chi connectivity index (χ1) is 4.93. The summed E-state index contributed by atoms with van der Waals surface area (Å²) in [5.41, 5.74) is 0. The van der Waals surface area contributed by atoms with Crippen molar-refractivity contribution in [1.82, 2.24) is 0 Å². The van der Waals surface area contributed by atoms with Gasteiger partial charge in [-0.3, -0.25) is 0 Å². The molecule has 2 nitrogen and oxygen atoms in total. The summed E-state index contributed by atoms with van der Waals surface area (Å²) >= 11 is 0. The van der Waals surface area contributed by atoms with Crippen molar-refractivity contribution in [2.45, 2.75) is 50.1 Å². The highest BCUT2D eigenvalue weighted by Crippen LogP contribution is 2.41. The zero-order chi connectivity index (χ0) is 6.55. The highest BCUT2D eigenvalue weighted by Gasteiger charge is 2.47. The molecule has 0 unspecified atom stereocenters. The first kappa shape index (κ1) is 5.56. The van der Waals surface area contributed by atoms with Gasteiger partial charge in [0, 0.05) is 0 Å².